The van der Waals surface area contributed by atoms with Gasteiger partial charge in [-0.3, -0.25) is 14.4 Å². The fourth-order valence-corrected chi connectivity index (χ4v) is 5.51. The van der Waals surface area contributed by atoms with Gasteiger partial charge in [0.15, 0.2) is 0 Å². The normalized spacial score (nSPS) is 19.6. The lowest BCUT2D eigenvalue weighted by atomic mass is 9.73. The van der Waals surface area contributed by atoms with Gasteiger partial charge in [0.05, 0.1) is 11.3 Å². The van der Waals surface area contributed by atoms with Crippen molar-refractivity contribution in [2.75, 3.05) is 20.1 Å². The molecule has 5 rings (SSSR count). The summed E-state index contributed by atoms with van der Waals surface area (Å²) in [5.41, 5.74) is 7.12. The number of nitrogens with two attached hydrogens (primary N) is 1. The predicted molar refractivity (Wildman–Crippen MR) is 153 cm³/mol. The highest BCUT2D eigenvalue weighted by Crippen LogP contribution is 2.38. The Hall–Kier alpha value is -3.76. The van der Waals surface area contributed by atoms with E-state index in [1.165, 1.54) is 17.1 Å². The first-order valence-corrected chi connectivity index (χ1v) is 13.0. The van der Waals surface area contributed by atoms with E-state index in [1.807, 2.05) is 30.5 Å². The molecule has 0 bridgehead atoms. The maximum atomic E-state index is 14.1. The standard InChI is InChI=1S/C29H33FN6O3.ClH/c1-28(2,31)26(38)33-23(14-19-16-32-22-7-5-4-6-21(19)22)25(37)36-13-12-24-29(17-36,27(39)35(3)34-24)15-18-8-10-20(30)11-9-18;/h4-11,16,23,32H,12-15,17,31H2,1-3H3,(H,33,38);1H/t23-,29+;/m1./s1. The Labute approximate surface area is 238 Å². The average Bonchev–Trinajstić information content (AvgIpc) is 3.42. The number of hydrogen-bond donors (Lipinski definition) is 3. The van der Waals surface area contributed by atoms with Gasteiger partial charge in [-0.1, -0.05) is 30.3 Å². The quantitative estimate of drug-likeness (QED) is 0.405. The fraction of sp³-hybridized carbons (Fsp3) is 0.379. The fourth-order valence-electron chi connectivity index (χ4n) is 5.51. The number of nitrogens with zero attached hydrogens (tertiary/aromatic N) is 3. The van der Waals surface area contributed by atoms with Crippen LogP contribution in [0.2, 0.25) is 0 Å². The number of benzene rings is 2. The maximum Gasteiger partial charge on any atom is 0.256 e. The summed E-state index contributed by atoms with van der Waals surface area (Å²) >= 11 is 0. The van der Waals surface area contributed by atoms with Crippen molar-refractivity contribution in [3.05, 3.63) is 71.7 Å². The number of para-hydroxylation sites is 1. The minimum atomic E-state index is -1.19. The summed E-state index contributed by atoms with van der Waals surface area (Å²) in [6.07, 6.45) is 2.80. The number of H-pyrrole nitrogens is 1. The van der Waals surface area contributed by atoms with E-state index in [0.29, 0.717) is 18.7 Å². The minimum absolute atomic E-state index is 0. The number of aromatic amines is 1. The Morgan fingerprint density at radius 2 is 1.90 bits per heavy atom. The number of hydrogen-bond acceptors (Lipinski definition) is 5. The molecular weight excluding hydrogens is 535 g/mol. The number of hydrazone groups is 1. The monoisotopic (exact) mass is 568 g/mol. The number of halogens is 2. The van der Waals surface area contributed by atoms with Crippen molar-refractivity contribution >= 4 is 46.7 Å². The molecule has 4 N–H and O–H groups in total. The van der Waals surface area contributed by atoms with Crippen LogP contribution in [0.3, 0.4) is 0 Å². The van der Waals surface area contributed by atoms with Gasteiger partial charge in [0.2, 0.25) is 11.8 Å². The number of amides is 3. The topological polar surface area (TPSA) is 124 Å². The Morgan fingerprint density at radius 1 is 1.20 bits per heavy atom. The van der Waals surface area contributed by atoms with Crippen LogP contribution >= 0.6 is 12.4 Å². The second-order valence-electron chi connectivity index (χ2n) is 11.1. The van der Waals surface area contributed by atoms with Gasteiger partial charge in [-0.2, -0.15) is 5.10 Å². The molecule has 2 aromatic carbocycles. The van der Waals surface area contributed by atoms with Gasteiger partial charge in [0.25, 0.3) is 5.91 Å². The number of nitrogens with one attached hydrogen (secondary N) is 2. The largest absolute Gasteiger partial charge is 0.361 e. The van der Waals surface area contributed by atoms with Gasteiger partial charge in [-0.25, -0.2) is 9.40 Å². The molecule has 2 aliphatic rings. The lowest BCUT2D eigenvalue weighted by Crippen LogP contribution is -2.61. The molecule has 2 aliphatic heterocycles. The van der Waals surface area contributed by atoms with Crippen LogP contribution in [0, 0.1) is 11.2 Å². The third-order valence-electron chi connectivity index (χ3n) is 7.62. The molecule has 0 radical (unpaired) electrons. The van der Waals surface area contributed by atoms with Crippen LogP contribution in [-0.2, 0) is 27.2 Å². The van der Waals surface area contributed by atoms with Crippen LogP contribution in [0.15, 0.2) is 59.8 Å². The highest BCUT2D eigenvalue weighted by Gasteiger charge is 2.54. The van der Waals surface area contributed by atoms with E-state index < -0.39 is 22.9 Å². The molecule has 3 heterocycles. The van der Waals surface area contributed by atoms with E-state index in [-0.39, 0.29) is 49.4 Å². The minimum Gasteiger partial charge on any atom is -0.361 e. The molecule has 1 fully saturated rings. The molecule has 9 nitrogen and oxygen atoms in total. The SMILES string of the molecule is CN1N=C2CCN(C(=O)[C@@H](Cc3c[nH]c4ccccc34)NC(=O)C(C)(C)N)C[C@]2(Cc2ccc(F)cc2)C1=O.Cl. The maximum absolute atomic E-state index is 14.1. The summed E-state index contributed by atoms with van der Waals surface area (Å²) < 4.78 is 13.6. The van der Waals surface area contributed by atoms with Crippen molar-refractivity contribution in [1.29, 1.82) is 0 Å². The van der Waals surface area contributed by atoms with Crippen molar-refractivity contribution in [2.45, 2.75) is 44.7 Å². The molecule has 2 atom stereocenters. The molecule has 40 heavy (non-hydrogen) atoms. The molecule has 1 saturated heterocycles. The molecule has 0 saturated carbocycles. The molecule has 3 amide bonds. The summed E-state index contributed by atoms with van der Waals surface area (Å²) in [6, 6.07) is 12.9. The highest BCUT2D eigenvalue weighted by atomic mass is 35.5. The number of rotatable bonds is 7. The number of carbonyl (C=O) groups is 3. The van der Waals surface area contributed by atoms with Gasteiger partial charge < -0.3 is 20.9 Å². The number of carbonyl (C=O) groups excluding carboxylic acids is 3. The first-order valence-electron chi connectivity index (χ1n) is 13.0. The molecule has 0 spiro atoms. The summed E-state index contributed by atoms with van der Waals surface area (Å²) in [7, 11) is 1.61. The van der Waals surface area contributed by atoms with Crippen LogP contribution < -0.4 is 11.1 Å². The van der Waals surface area contributed by atoms with Crippen LogP contribution in [-0.4, -0.2) is 70.0 Å². The van der Waals surface area contributed by atoms with E-state index in [9.17, 15) is 18.8 Å². The van der Waals surface area contributed by atoms with Crippen LogP contribution in [0.1, 0.15) is 31.4 Å². The smallest absolute Gasteiger partial charge is 0.256 e. The number of aromatic nitrogens is 1. The Bertz CT molecular complexity index is 1460. The van der Waals surface area contributed by atoms with E-state index >= 15 is 0 Å². The van der Waals surface area contributed by atoms with Gasteiger partial charge in [-0.15, -0.1) is 12.4 Å². The van der Waals surface area contributed by atoms with Crippen molar-refractivity contribution in [1.82, 2.24) is 20.2 Å². The Balaban J connectivity index is 0.00000370. The molecule has 3 aromatic rings. The highest BCUT2D eigenvalue weighted by molar-refractivity contribution is 6.13. The second kappa shape index (κ2) is 11.0. The lowest BCUT2D eigenvalue weighted by molar-refractivity contribution is -0.142. The van der Waals surface area contributed by atoms with Crippen molar-refractivity contribution in [2.24, 2.45) is 16.3 Å². The molecule has 1 aromatic heterocycles. The molecule has 0 aliphatic carbocycles. The van der Waals surface area contributed by atoms with Gasteiger partial charge in [0.1, 0.15) is 17.3 Å². The Morgan fingerprint density at radius 3 is 2.60 bits per heavy atom. The third kappa shape index (κ3) is 5.46. The first kappa shape index (κ1) is 29.2. The second-order valence-corrected chi connectivity index (χ2v) is 11.1. The van der Waals surface area contributed by atoms with E-state index in [4.69, 9.17) is 5.73 Å². The first-order chi connectivity index (χ1) is 18.5. The number of fused-ring (bicyclic) bond motifs is 2. The van der Waals surface area contributed by atoms with Gasteiger partial charge in [-0.05, 0) is 49.6 Å². The lowest BCUT2D eigenvalue weighted by Gasteiger charge is -2.41. The zero-order valence-corrected chi connectivity index (χ0v) is 23.6. The molecule has 0 unspecified atom stereocenters. The molecule has 11 heteroatoms. The van der Waals surface area contributed by atoms with E-state index in [0.717, 1.165) is 22.0 Å². The van der Waals surface area contributed by atoms with E-state index in [2.05, 4.69) is 15.4 Å². The molecular formula is C29H34ClFN6O3. The number of likely N-dealkylation sites (tertiary alicyclic amines) is 1. The van der Waals surface area contributed by atoms with Gasteiger partial charge in [0, 0.05) is 50.1 Å². The molecule has 212 valence electrons. The summed E-state index contributed by atoms with van der Waals surface area (Å²) in [5, 5.41) is 9.65. The summed E-state index contributed by atoms with van der Waals surface area (Å²) in [4.78, 5) is 45.4. The van der Waals surface area contributed by atoms with Gasteiger partial charge >= 0.3 is 0 Å². The third-order valence-corrected chi connectivity index (χ3v) is 7.62. The van der Waals surface area contributed by atoms with Crippen molar-refractivity contribution < 1.29 is 18.8 Å². The summed E-state index contributed by atoms with van der Waals surface area (Å²) in [6.45, 7) is 3.64. The predicted octanol–water partition coefficient (Wildman–Crippen LogP) is 2.78. The summed E-state index contributed by atoms with van der Waals surface area (Å²) in [5.74, 6) is -1.31. The zero-order valence-electron chi connectivity index (χ0n) is 22.7. The Kier molecular flexibility index (Phi) is 8.05. The number of piperidine rings is 1. The average molecular weight is 569 g/mol. The zero-order chi connectivity index (χ0) is 27.9. The van der Waals surface area contributed by atoms with E-state index in [1.54, 1.807) is 37.9 Å². The van der Waals surface area contributed by atoms with Crippen LogP contribution in [0.4, 0.5) is 4.39 Å². The van der Waals surface area contributed by atoms with Crippen LogP contribution in [0.5, 0.6) is 0 Å². The van der Waals surface area contributed by atoms with Crippen molar-refractivity contribution in [3.63, 3.8) is 0 Å². The van der Waals surface area contributed by atoms with Crippen LogP contribution in [0.25, 0.3) is 10.9 Å². The van der Waals surface area contributed by atoms with Crippen molar-refractivity contribution in [3.8, 4) is 0 Å².